The third-order valence-corrected chi connectivity index (χ3v) is 4.71. The predicted molar refractivity (Wildman–Crippen MR) is 85.4 cm³/mol. The van der Waals surface area contributed by atoms with E-state index in [0.29, 0.717) is 0 Å². The molecule has 0 saturated carbocycles. The molecule has 0 aliphatic heterocycles. The lowest BCUT2D eigenvalue weighted by molar-refractivity contribution is -0.122. The molecule has 0 aliphatic rings. The Kier molecular flexibility index (Phi) is 5.59. The summed E-state index contributed by atoms with van der Waals surface area (Å²) in [7, 11) is -1.02. The number of nitrogens with zero attached hydrogens (tertiary/aromatic N) is 1. The van der Waals surface area contributed by atoms with E-state index in [4.69, 9.17) is 4.74 Å². The van der Waals surface area contributed by atoms with Crippen LogP contribution in [-0.4, -0.2) is 44.9 Å². The lowest BCUT2D eigenvalue weighted by atomic mass is 10.1. The number of hydrogen-bond donors (Lipinski definition) is 1. The van der Waals surface area contributed by atoms with Crippen LogP contribution in [0, 0.1) is 6.92 Å². The second-order valence-electron chi connectivity index (χ2n) is 6.21. The van der Waals surface area contributed by atoms with E-state index in [0.717, 1.165) is 9.87 Å². The van der Waals surface area contributed by atoms with Crippen LogP contribution in [0.2, 0.25) is 0 Å². The summed E-state index contributed by atoms with van der Waals surface area (Å²) in [5.41, 5.74) is 0.384. The highest BCUT2D eigenvalue weighted by Gasteiger charge is 2.27. The quantitative estimate of drug-likeness (QED) is 0.889. The van der Waals surface area contributed by atoms with Crippen LogP contribution in [0.15, 0.2) is 23.1 Å². The van der Waals surface area contributed by atoms with Gasteiger partial charge >= 0.3 is 0 Å². The molecule has 124 valence electrons. The first-order valence-electron chi connectivity index (χ1n) is 6.89. The number of likely N-dealkylation sites (N-methyl/N-ethyl adjacent to an activating group) is 1. The lowest BCUT2D eigenvalue weighted by Gasteiger charge is -2.23. The molecule has 0 unspecified atom stereocenters. The molecule has 1 rings (SSSR count). The van der Waals surface area contributed by atoms with Gasteiger partial charge in [0.05, 0.1) is 13.7 Å². The fourth-order valence-corrected chi connectivity index (χ4v) is 3.26. The number of methoxy groups -OCH3 is 1. The second kappa shape index (κ2) is 6.66. The molecule has 0 heterocycles. The predicted octanol–water partition coefficient (Wildman–Crippen LogP) is 1.54. The first-order valence-corrected chi connectivity index (χ1v) is 8.33. The molecule has 6 nitrogen and oxygen atoms in total. The van der Waals surface area contributed by atoms with Gasteiger partial charge in [0, 0.05) is 12.6 Å². The molecule has 1 amide bonds. The molecule has 0 radical (unpaired) electrons. The summed E-state index contributed by atoms with van der Waals surface area (Å²) in [5.74, 6) is -0.0983. The van der Waals surface area contributed by atoms with Crippen molar-refractivity contribution in [3.05, 3.63) is 23.8 Å². The standard InChI is InChI=1S/C15H24N2O4S/c1-11-7-8-12(21-6)13(9-11)22(19,20)17(5)10-14(18)16-15(2,3)4/h7-9H,10H2,1-6H3,(H,16,18). The SMILES string of the molecule is COc1ccc(C)cc1S(=O)(=O)N(C)CC(=O)NC(C)(C)C. The van der Waals surface area contributed by atoms with Gasteiger partial charge in [0.2, 0.25) is 15.9 Å². The first-order chi connectivity index (χ1) is 9.97. The van der Waals surface area contributed by atoms with E-state index in [2.05, 4.69) is 5.32 Å². The van der Waals surface area contributed by atoms with Gasteiger partial charge in [-0.05, 0) is 45.4 Å². The molecule has 1 N–H and O–H groups in total. The zero-order valence-corrected chi connectivity index (χ0v) is 14.7. The molecule has 0 aromatic heterocycles. The van der Waals surface area contributed by atoms with E-state index in [1.165, 1.54) is 20.2 Å². The van der Waals surface area contributed by atoms with Crippen molar-refractivity contribution in [1.29, 1.82) is 0 Å². The monoisotopic (exact) mass is 328 g/mol. The van der Waals surface area contributed by atoms with E-state index in [1.54, 1.807) is 19.1 Å². The van der Waals surface area contributed by atoms with Crippen molar-refractivity contribution in [3.8, 4) is 5.75 Å². The molecule has 0 fully saturated rings. The Bertz CT molecular complexity index is 648. The Morgan fingerprint density at radius 1 is 1.32 bits per heavy atom. The van der Waals surface area contributed by atoms with Gasteiger partial charge in [-0.1, -0.05) is 6.07 Å². The normalized spacial score (nSPS) is 12.3. The number of hydrogen-bond acceptors (Lipinski definition) is 4. The van der Waals surface area contributed by atoms with Crippen molar-refractivity contribution in [2.24, 2.45) is 0 Å². The van der Waals surface area contributed by atoms with Crippen LogP contribution in [0.3, 0.4) is 0 Å². The molecule has 22 heavy (non-hydrogen) atoms. The molecule has 0 bridgehead atoms. The van der Waals surface area contributed by atoms with E-state index in [9.17, 15) is 13.2 Å². The van der Waals surface area contributed by atoms with E-state index in [1.807, 2.05) is 20.8 Å². The maximum absolute atomic E-state index is 12.6. The van der Waals surface area contributed by atoms with Crippen LogP contribution in [0.4, 0.5) is 0 Å². The number of ether oxygens (including phenoxy) is 1. The van der Waals surface area contributed by atoms with Crippen LogP contribution in [0.5, 0.6) is 5.75 Å². The Hall–Kier alpha value is -1.60. The summed E-state index contributed by atoms with van der Waals surface area (Å²) >= 11 is 0. The summed E-state index contributed by atoms with van der Waals surface area (Å²) in [6.45, 7) is 7.05. The molecule has 0 saturated heterocycles. The van der Waals surface area contributed by atoms with Gasteiger partial charge in [-0.3, -0.25) is 4.79 Å². The Labute approximate surface area is 132 Å². The Morgan fingerprint density at radius 3 is 2.41 bits per heavy atom. The maximum Gasteiger partial charge on any atom is 0.246 e. The van der Waals surface area contributed by atoms with Crippen LogP contribution in [-0.2, 0) is 14.8 Å². The second-order valence-corrected chi connectivity index (χ2v) is 8.23. The Balaban J connectivity index is 3.04. The van der Waals surface area contributed by atoms with Gasteiger partial charge in [-0.25, -0.2) is 8.42 Å². The van der Waals surface area contributed by atoms with Crippen molar-refractivity contribution in [2.45, 2.75) is 38.1 Å². The maximum atomic E-state index is 12.6. The van der Waals surface area contributed by atoms with Crippen molar-refractivity contribution in [1.82, 2.24) is 9.62 Å². The molecule has 1 aromatic rings. The highest BCUT2D eigenvalue weighted by Crippen LogP contribution is 2.27. The fraction of sp³-hybridized carbons (Fsp3) is 0.533. The molecular weight excluding hydrogens is 304 g/mol. The van der Waals surface area contributed by atoms with Gasteiger partial charge in [0.15, 0.2) is 0 Å². The smallest absolute Gasteiger partial charge is 0.246 e. The van der Waals surface area contributed by atoms with Gasteiger partial charge in [0.25, 0.3) is 0 Å². The molecule has 0 spiro atoms. The zero-order chi connectivity index (χ0) is 17.1. The molecule has 0 aliphatic carbocycles. The number of aryl methyl sites for hydroxylation is 1. The fourth-order valence-electron chi connectivity index (χ4n) is 1.90. The molecular formula is C15H24N2O4S. The van der Waals surface area contributed by atoms with E-state index >= 15 is 0 Å². The number of nitrogens with one attached hydrogen (secondary N) is 1. The van der Waals surface area contributed by atoms with Crippen LogP contribution >= 0.6 is 0 Å². The van der Waals surface area contributed by atoms with Crippen LogP contribution < -0.4 is 10.1 Å². The number of benzene rings is 1. The minimum atomic E-state index is -3.81. The third kappa shape index (κ3) is 4.71. The third-order valence-electron chi connectivity index (χ3n) is 2.89. The summed E-state index contributed by atoms with van der Waals surface area (Å²) in [5, 5.41) is 2.74. The summed E-state index contributed by atoms with van der Waals surface area (Å²) in [6.07, 6.45) is 0. The van der Waals surface area contributed by atoms with E-state index < -0.39 is 15.6 Å². The highest BCUT2D eigenvalue weighted by molar-refractivity contribution is 7.89. The Morgan fingerprint density at radius 2 is 1.91 bits per heavy atom. The lowest BCUT2D eigenvalue weighted by Crippen LogP contribution is -2.46. The van der Waals surface area contributed by atoms with Crippen LogP contribution in [0.1, 0.15) is 26.3 Å². The van der Waals surface area contributed by atoms with Gasteiger partial charge in [0.1, 0.15) is 10.6 Å². The van der Waals surface area contributed by atoms with Gasteiger partial charge < -0.3 is 10.1 Å². The minimum Gasteiger partial charge on any atom is -0.495 e. The number of rotatable bonds is 5. The number of carbonyl (C=O) groups is 1. The first kappa shape index (κ1) is 18.4. The van der Waals surface area contributed by atoms with Crippen LogP contribution in [0.25, 0.3) is 0 Å². The molecule has 7 heteroatoms. The summed E-state index contributed by atoms with van der Waals surface area (Å²) < 4.78 is 31.4. The van der Waals surface area contributed by atoms with E-state index in [-0.39, 0.29) is 23.1 Å². The molecule has 1 aromatic carbocycles. The van der Waals surface area contributed by atoms with Crippen molar-refractivity contribution < 1.29 is 17.9 Å². The van der Waals surface area contributed by atoms with Crippen molar-refractivity contribution in [3.63, 3.8) is 0 Å². The average Bonchev–Trinajstić information content (AvgIpc) is 2.36. The average molecular weight is 328 g/mol. The molecule has 0 atom stereocenters. The highest BCUT2D eigenvalue weighted by atomic mass is 32.2. The van der Waals surface area contributed by atoms with Crippen molar-refractivity contribution in [2.75, 3.05) is 20.7 Å². The summed E-state index contributed by atoms with van der Waals surface area (Å²) in [6, 6.07) is 4.90. The number of sulfonamides is 1. The van der Waals surface area contributed by atoms with Gasteiger partial charge in [-0.15, -0.1) is 0 Å². The van der Waals surface area contributed by atoms with Gasteiger partial charge in [-0.2, -0.15) is 4.31 Å². The number of carbonyl (C=O) groups excluding carboxylic acids is 1. The minimum absolute atomic E-state index is 0.0565. The topological polar surface area (TPSA) is 75.7 Å². The number of amides is 1. The zero-order valence-electron chi connectivity index (χ0n) is 13.9. The van der Waals surface area contributed by atoms with Crippen molar-refractivity contribution >= 4 is 15.9 Å². The summed E-state index contributed by atoms with van der Waals surface area (Å²) in [4.78, 5) is 12.0. The largest absolute Gasteiger partial charge is 0.495 e.